The average molecular weight is 499 g/mol. The second-order valence-corrected chi connectivity index (χ2v) is 11.4. The number of sulfonamides is 1. The number of nitrogens with zero attached hydrogens (tertiary/aromatic N) is 1. The van der Waals surface area contributed by atoms with Gasteiger partial charge in [-0.25, -0.2) is 8.42 Å². The number of anilines is 2. The average Bonchev–Trinajstić information content (AvgIpc) is 3.30. The number of rotatable bonds is 4. The Morgan fingerprint density at radius 2 is 1.64 bits per heavy atom. The van der Waals surface area contributed by atoms with Crippen LogP contribution in [0.4, 0.5) is 11.4 Å². The Kier molecular flexibility index (Phi) is 5.26. The van der Waals surface area contributed by atoms with Crippen molar-refractivity contribution in [1.82, 2.24) is 0 Å². The maximum atomic E-state index is 13.7. The third kappa shape index (κ3) is 3.71. The fourth-order valence-electron chi connectivity index (χ4n) is 5.13. The van der Waals surface area contributed by atoms with Crippen molar-refractivity contribution in [3.05, 3.63) is 95.1 Å². The summed E-state index contributed by atoms with van der Waals surface area (Å²) in [6.07, 6.45) is 0.985. The van der Waals surface area contributed by atoms with E-state index in [1.165, 1.54) is 20.8 Å². The number of hydrogen-bond donors (Lipinski definition) is 1. The first-order valence-corrected chi connectivity index (χ1v) is 13.5. The van der Waals surface area contributed by atoms with Crippen LogP contribution >= 0.6 is 0 Å². The van der Waals surface area contributed by atoms with Gasteiger partial charge in [0.2, 0.25) is 0 Å². The SMILES string of the molecule is Cc1ccc(S(=O)(=O)N2CC(C(=O)Nc3ccc4c5c(cccc35)CC4)Oc3ccc(C)cc32)cc1. The van der Waals surface area contributed by atoms with E-state index in [-0.39, 0.29) is 17.3 Å². The molecule has 0 aromatic heterocycles. The fourth-order valence-corrected chi connectivity index (χ4v) is 6.60. The maximum absolute atomic E-state index is 13.7. The third-order valence-corrected chi connectivity index (χ3v) is 8.81. The van der Waals surface area contributed by atoms with Gasteiger partial charge in [-0.3, -0.25) is 9.10 Å². The van der Waals surface area contributed by atoms with E-state index in [1.807, 2.05) is 38.1 Å². The smallest absolute Gasteiger partial charge is 0.267 e. The first kappa shape index (κ1) is 22.6. The predicted molar refractivity (Wildman–Crippen MR) is 141 cm³/mol. The standard InChI is InChI=1S/C29H26N2O4S/c1-18-6-12-22(13-7-18)36(33,34)31-17-27(35-26-15-8-19(2)16-25(26)31)29(32)30-24-14-11-21-10-9-20-4-3-5-23(24)28(20)21/h3-8,11-16,27H,9-10,17H2,1-2H3,(H,30,32). The van der Waals surface area contributed by atoms with Gasteiger partial charge in [-0.1, -0.05) is 48.0 Å². The number of hydrogen-bond acceptors (Lipinski definition) is 4. The van der Waals surface area contributed by atoms with E-state index < -0.39 is 16.1 Å². The van der Waals surface area contributed by atoms with Gasteiger partial charge in [0.15, 0.2) is 6.10 Å². The molecule has 0 bridgehead atoms. The number of carbonyl (C=O) groups is 1. The van der Waals surface area contributed by atoms with Crippen LogP contribution in [0.25, 0.3) is 10.8 Å². The molecule has 4 aromatic rings. The molecule has 6 rings (SSSR count). The van der Waals surface area contributed by atoms with Crippen LogP contribution in [0, 0.1) is 13.8 Å². The summed E-state index contributed by atoms with van der Waals surface area (Å²) >= 11 is 0. The van der Waals surface area contributed by atoms with Crippen molar-refractivity contribution in [2.24, 2.45) is 0 Å². The van der Waals surface area contributed by atoms with Crippen molar-refractivity contribution in [2.45, 2.75) is 37.7 Å². The molecule has 1 heterocycles. The van der Waals surface area contributed by atoms with Crippen LogP contribution in [0.2, 0.25) is 0 Å². The van der Waals surface area contributed by atoms with Gasteiger partial charge in [-0.05, 0) is 79.1 Å². The normalized spacial score (nSPS) is 16.5. The minimum atomic E-state index is -3.91. The molecule has 36 heavy (non-hydrogen) atoms. The van der Waals surface area contributed by atoms with Gasteiger partial charge in [-0.2, -0.15) is 0 Å². The maximum Gasteiger partial charge on any atom is 0.267 e. The highest BCUT2D eigenvalue weighted by Crippen LogP contribution is 2.39. The fraction of sp³-hybridized carbons (Fsp3) is 0.207. The molecule has 2 aliphatic rings. The van der Waals surface area contributed by atoms with Crippen molar-refractivity contribution in [2.75, 3.05) is 16.2 Å². The van der Waals surface area contributed by atoms with Crippen molar-refractivity contribution in [3.63, 3.8) is 0 Å². The Hall–Kier alpha value is -3.84. The molecule has 1 atom stereocenters. The predicted octanol–water partition coefficient (Wildman–Crippen LogP) is 5.15. The second kappa shape index (κ2) is 8.38. The van der Waals surface area contributed by atoms with Crippen LogP contribution < -0.4 is 14.4 Å². The number of benzene rings is 4. The molecule has 0 radical (unpaired) electrons. The Labute approximate surface area is 210 Å². The van der Waals surface area contributed by atoms with E-state index in [9.17, 15) is 13.2 Å². The molecular formula is C29H26N2O4S. The molecule has 0 saturated heterocycles. The van der Waals surface area contributed by atoms with Gasteiger partial charge >= 0.3 is 0 Å². The molecule has 1 aliphatic heterocycles. The monoisotopic (exact) mass is 498 g/mol. The zero-order valence-electron chi connectivity index (χ0n) is 20.1. The van der Waals surface area contributed by atoms with Crippen LogP contribution in [0.15, 0.2) is 77.7 Å². The highest BCUT2D eigenvalue weighted by Gasteiger charge is 2.38. The highest BCUT2D eigenvalue weighted by atomic mass is 32.2. The van der Waals surface area contributed by atoms with Crippen molar-refractivity contribution in [3.8, 4) is 5.75 Å². The summed E-state index contributed by atoms with van der Waals surface area (Å²) in [5, 5.41) is 5.20. The molecule has 182 valence electrons. The zero-order valence-corrected chi connectivity index (χ0v) is 20.9. The van der Waals surface area contributed by atoms with Gasteiger partial charge in [0, 0.05) is 11.1 Å². The third-order valence-electron chi connectivity index (χ3n) is 7.02. The number of fused-ring (bicyclic) bond motifs is 1. The molecule has 1 N–H and O–H groups in total. The van der Waals surface area contributed by atoms with Gasteiger partial charge in [0.1, 0.15) is 5.75 Å². The van der Waals surface area contributed by atoms with E-state index in [1.54, 1.807) is 36.4 Å². The second-order valence-electron chi connectivity index (χ2n) is 9.53. The summed E-state index contributed by atoms with van der Waals surface area (Å²) in [5.74, 6) is -0.0212. The molecule has 7 heteroatoms. The first-order chi connectivity index (χ1) is 17.3. The van der Waals surface area contributed by atoms with Gasteiger partial charge in [-0.15, -0.1) is 0 Å². The van der Waals surface area contributed by atoms with Crippen LogP contribution in [0.1, 0.15) is 22.3 Å². The Balaban J connectivity index is 1.36. The molecule has 4 aromatic carbocycles. The van der Waals surface area contributed by atoms with Crippen LogP contribution in [-0.2, 0) is 27.7 Å². The number of amides is 1. The summed E-state index contributed by atoms with van der Waals surface area (Å²) in [6.45, 7) is 3.68. The van der Waals surface area contributed by atoms with Crippen molar-refractivity contribution >= 4 is 38.1 Å². The summed E-state index contributed by atoms with van der Waals surface area (Å²) in [5.41, 5.74) is 5.57. The van der Waals surface area contributed by atoms with Crippen molar-refractivity contribution < 1.29 is 17.9 Å². The van der Waals surface area contributed by atoms with Crippen LogP contribution in [0.3, 0.4) is 0 Å². The molecule has 0 spiro atoms. The van der Waals surface area contributed by atoms with Gasteiger partial charge in [0.25, 0.3) is 15.9 Å². The van der Waals surface area contributed by atoms with E-state index in [0.29, 0.717) is 17.1 Å². The lowest BCUT2D eigenvalue weighted by Crippen LogP contribution is -2.48. The number of aryl methyl sites for hydroxylation is 4. The van der Waals surface area contributed by atoms with E-state index >= 15 is 0 Å². The molecule has 1 unspecified atom stereocenters. The Bertz CT molecular complexity index is 1620. The Morgan fingerprint density at radius 3 is 2.42 bits per heavy atom. The number of ether oxygens (including phenoxy) is 1. The topological polar surface area (TPSA) is 75.7 Å². The zero-order chi connectivity index (χ0) is 25.0. The van der Waals surface area contributed by atoms with E-state index in [4.69, 9.17) is 4.74 Å². The molecular weight excluding hydrogens is 472 g/mol. The molecule has 0 fully saturated rings. The highest BCUT2D eigenvalue weighted by molar-refractivity contribution is 7.92. The largest absolute Gasteiger partial charge is 0.476 e. The molecule has 1 aliphatic carbocycles. The number of carbonyl (C=O) groups excluding carboxylic acids is 1. The quantitative estimate of drug-likeness (QED) is 0.422. The summed E-state index contributed by atoms with van der Waals surface area (Å²) < 4.78 is 34.7. The van der Waals surface area contributed by atoms with Crippen LogP contribution in [0.5, 0.6) is 5.75 Å². The Morgan fingerprint density at radius 1 is 0.917 bits per heavy atom. The van der Waals surface area contributed by atoms with Gasteiger partial charge in [0.05, 0.1) is 17.1 Å². The first-order valence-electron chi connectivity index (χ1n) is 12.0. The summed E-state index contributed by atoms with van der Waals surface area (Å²) in [4.78, 5) is 13.6. The lowest BCUT2D eigenvalue weighted by Gasteiger charge is -2.35. The van der Waals surface area contributed by atoms with Crippen molar-refractivity contribution in [1.29, 1.82) is 0 Å². The lowest BCUT2D eigenvalue weighted by atomic mass is 10.0. The van der Waals surface area contributed by atoms with E-state index in [0.717, 1.165) is 29.4 Å². The summed E-state index contributed by atoms with van der Waals surface area (Å²) in [7, 11) is -3.91. The minimum Gasteiger partial charge on any atom is -0.476 e. The minimum absolute atomic E-state index is 0.125. The molecule has 0 saturated carbocycles. The number of nitrogens with one attached hydrogen (secondary N) is 1. The van der Waals surface area contributed by atoms with E-state index in [2.05, 4.69) is 17.4 Å². The molecule has 6 nitrogen and oxygen atoms in total. The van der Waals surface area contributed by atoms with Gasteiger partial charge < -0.3 is 10.1 Å². The summed E-state index contributed by atoms with van der Waals surface area (Å²) in [6, 6.07) is 22.2. The lowest BCUT2D eigenvalue weighted by molar-refractivity contribution is -0.122. The van der Waals surface area contributed by atoms with Crippen LogP contribution in [-0.4, -0.2) is 27.0 Å². The molecule has 1 amide bonds.